The van der Waals surface area contributed by atoms with E-state index >= 15 is 0 Å². The molecule has 0 aromatic heterocycles. The summed E-state index contributed by atoms with van der Waals surface area (Å²) in [4.78, 5) is 12.1. The smallest absolute Gasteiger partial charge is 0.407 e. The van der Waals surface area contributed by atoms with Crippen molar-refractivity contribution in [2.24, 2.45) is 0 Å². The number of carboxylic acid groups (broad SMARTS) is 1. The molecule has 15 heavy (non-hydrogen) atoms. The minimum Gasteiger partial charge on any atom is -0.489 e. The van der Waals surface area contributed by atoms with Crippen LogP contribution in [0.3, 0.4) is 0 Å². The summed E-state index contributed by atoms with van der Waals surface area (Å²) in [5, 5.41) is 8.77. The number of rotatable bonds is 2. The van der Waals surface area contributed by atoms with Crippen molar-refractivity contribution >= 4 is 6.09 Å². The summed E-state index contributed by atoms with van der Waals surface area (Å²) < 4.78 is 5.65. The fourth-order valence-electron chi connectivity index (χ4n) is 1.69. The summed E-state index contributed by atoms with van der Waals surface area (Å²) in [6, 6.07) is 9.48. The number of carbonyl (C=O) groups is 1. The predicted molar refractivity (Wildman–Crippen MR) is 55.1 cm³/mol. The minimum atomic E-state index is -0.867. The normalized spacial score (nSPS) is 20.3. The molecule has 2 rings (SSSR count). The Bertz CT molecular complexity index is 339. The number of amides is 1. The lowest BCUT2D eigenvalue weighted by atomic mass is 10.3. The third kappa shape index (κ3) is 2.40. The second-order valence-corrected chi connectivity index (χ2v) is 3.57. The molecule has 1 aromatic carbocycles. The number of para-hydroxylation sites is 1. The van der Waals surface area contributed by atoms with E-state index in [1.807, 2.05) is 30.3 Å². The van der Waals surface area contributed by atoms with Gasteiger partial charge in [0, 0.05) is 13.0 Å². The van der Waals surface area contributed by atoms with Crippen LogP contribution in [-0.4, -0.2) is 35.3 Å². The van der Waals surface area contributed by atoms with Crippen LogP contribution in [0.25, 0.3) is 0 Å². The maximum atomic E-state index is 10.7. The zero-order chi connectivity index (χ0) is 10.7. The van der Waals surface area contributed by atoms with Gasteiger partial charge in [0.2, 0.25) is 0 Å². The van der Waals surface area contributed by atoms with E-state index in [-0.39, 0.29) is 6.10 Å². The zero-order valence-corrected chi connectivity index (χ0v) is 8.30. The standard InChI is InChI=1S/C11H13NO3/c13-11(14)12-7-6-10(8-12)15-9-4-2-1-3-5-9/h1-5,10H,6-8H2,(H,13,14). The van der Waals surface area contributed by atoms with Crippen molar-refractivity contribution in [2.45, 2.75) is 12.5 Å². The average Bonchev–Trinajstić information content (AvgIpc) is 2.68. The highest BCUT2D eigenvalue weighted by Crippen LogP contribution is 2.17. The fourth-order valence-corrected chi connectivity index (χ4v) is 1.69. The molecule has 1 aliphatic heterocycles. The Morgan fingerprint density at radius 3 is 2.73 bits per heavy atom. The summed E-state index contributed by atoms with van der Waals surface area (Å²) in [5.74, 6) is 0.801. The van der Waals surface area contributed by atoms with Crippen LogP contribution in [0.2, 0.25) is 0 Å². The molecule has 80 valence electrons. The molecule has 1 N–H and O–H groups in total. The van der Waals surface area contributed by atoms with Gasteiger partial charge in [0.25, 0.3) is 0 Å². The van der Waals surface area contributed by atoms with Gasteiger partial charge >= 0.3 is 6.09 Å². The first-order chi connectivity index (χ1) is 7.25. The highest BCUT2D eigenvalue weighted by atomic mass is 16.5. The molecule has 0 bridgehead atoms. The molecule has 1 heterocycles. The van der Waals surface area contributed by atoms with Gasteiger partial charge in [0.05, 0.1) is 6.54 Å². The molecule has 1 atom stereocenters. The van der Waals surface area contributed by atoms with Gasteiger partial charge in [-0.3, -0.25) is 0 Å². The summed E-state index contributed by atoms with van der Waals surface area (Å²) in [7, 11) is 0. The van der Waals surface area contributed by atoms with Crippen molar-refractivity contribution < 1.29 is 14.6 Å². The first kappa shape index (κ1) is 9.83. The third-order valence-corrected chi connectivity index (χ3v) is 2.46. The number of likely N-dealkylation sites (tertiary alicyclic amines) is 1. The Hall–Kier alpha value is -1.71. The van der Waals surface area contributed by atoms with Crippen LogP contribution in [0.4, 0.5) is 4.79 Å². The SMILES string of the molecule is O=C(O)N1CCC(Oc2ccccc2)C1. The number of ether oxygens (including phenoxy) is 1. The Labute approximate surface area is 88.1 Å². The maximum Gasteiger partial charge on any atom is 0.407 e. The molecule has 1 aliphatic rings. The van der Waals surface area contributed by atoms with E-state index in [9.17, 15) is 4.79 Å². The fraction of sp³-hybridized carbons (Fsp3) is 0.364. The minimum absolute atomic E-state index is 0.0106. The third-order valence-electron chi connectivity index (χ3n) is 2.46. The summed E-state index contributed by atoms with van der Waals surface area (Å²) in [6.45, 7) is 1.02. The molecule has 4 heteroatoms. The summed E-state index contributed by atoms with van der Waals surface area (Å²) >= 11 is 0. The highest BCUT2D eigenvalue weighted by molar-refractivity contribution is 5.65. The average molecular weight is 207 g/mol. The highest BCUT2D eigenvalue weighted by Gasteiger charge is 2.26. The first-order valence-corrected chi connectivity index (χ1v) is 4.95. The predicted octanol–water partition coefficient (Wildman–Crippen LogP) is 1.82. The second kappa shape index (κ2) is 4.21. The molecule has 0 saturated carbocycles. The molecule has 1 fully saturated rings. The van der Waals surface area contributed by atoms with E-state index < -0.39 is 6.09 Å². The van der Waals surface area contributed by atoms with Crippen LogP contribution in [0.15, 0.2) is 30.3 Å². The number of benzene rings is 1. The van der Waals surface area contributed by atoms with Crippen LogP contribution < -0.4 is 4.74 Å². The Balaban J connectivity index is 1.90. The van der Waals surface area contributed by atoms with Gasteiger partial charge in [0.15, 0.2) is 0 Å². The van der Waals surface area contributed by atoms with E-state index in [0.29, 0.717) is 13.1 Å². The van der Waals surface area contributed by atoms with E-state index in [4.69, 9.17) is 9.84 Å². The molecule has 0 spiro atoms. The largest absolute Gasteiger partial charge is 0.489 e. The van der Waals surface area contributed by atoms with Crippen molar-refractivity contribution in [3.05, 3.63) is 30.3 Å². The van der Waals surface area contributed by atoms with Gasteiger partial charge in [-0.2, -0.15) is 0 Å². The molecule has 1 amide bonds. The van der Waals surface area contributed by atoms with E-state index in [2.05, 4.69) is 0 Å². The van der Waals surface area contributed by atoms with Gasteiger partial charge in [-0.05, 0) is 12.1 Å². The van der Waals surface area contributed by atoms with Crippen LogP contribution in [-0.2, 0) is 0 Å². The Kier molecular flexibility index (Phi) is 2.76. The quantitative estimate of drug-likeness (QED) is 0.804. The van der Waals surface area contributed by atoms with E-state index in [1.165, 1.54) is 4.90 Å². The molecule has 0 radical (unpaired) electrons. The zero-order valence-electron chi connectivity index (χ0n) is 8.30. The molecule has 1 aromatic rings. The lowest BCUT2D eigenvalue weighted by molar-refractivity contribution is 0.145. The molecular formula is C11H13NO3. The molecule has 0 aliphatic carbocycles. The van der Waals surface area contributed by atoms with Crippen LogP contribution >= 0.6 is 0 Å². The van der Waals surface area contributed by atoms with E-state index in [0.717, 1.165) is 12.2 Å². The van der Waals surface area contributed by atoms with Crippen LogP contribution in [0.1, 0.15) is 6.42 Å². The first-order valence-electron chi connectivity index (χ1n) is 4.95. The molecule has 1 saturated heterocycles. The molecular weight excluding hydrogens is 194 g/mol. The maximum absolute atomic E-state index is 10.7. The Morgan fingerprint density at radius 1 is 1.40 bits per heavy atom. The summed E-state index contributed by atoms with van der Waals surface area (Å²) in [5.41, 5.74) is 0. The second-order valence-electron chi connectivity index (χ2n) is 3.57. The monoisotopic (exact) mass is 207 g/mol. The van der Waals surface area contributed by atoms with E-state index in [1.54, 1.807) is 0 Å². The van der Waals surface area contributed by atoms with Crippen molar-refractivity contribution in [3.63, 3.8) is 0 Å². The molecule has 1 unspecified atom stereocenters. The van der Waals surface area contributed by atoms with Gasteiger partial charge in [0.1, 0.15) is 11.9 Å². The van der Waals surface area contributed by atoms with Gasteiger partial charge in [-0.1, -0.05) is 18.2 Å². The number of hydrogen-bond acceptors (Lipinski definition) is 2. The van der Waals surface area contributed by atoms with Gasteiger partial charge in [-0.15, -0.1) is 0 Å². The van der Waals surface area contributed by atoms with Crippen LogP contribution in [0, 0.1) is 0 Å². The summed E-state index contributed by atoms with van der Waals surface area (Å²) in [6.07, 6.45) is -0.112. The van der Waals surface area contributed by atoms with Crippen molar-refractivity contribution in [3.8, 4) is 5.75 Å². The van der Waals surface area contributed by atoms with Crippen LogP contribution in [0.5, 0.6) is 5.75 Å². The number of hydrogen-bond donors (Lipinski definition) is 1. The van der Waals surface area contributed by atoms with Gasteiger partial charge < -0.3 is 14.7 Å². The topological polar surface area (TPSA) is 49.8 Å². The van der Waals surface area contributed by atoms with Crippen molar-refractivity contribution in [1.29, 1.82) is 0 Å². The van der Waals surface area contributed by atoms with Crippen molar-refractivity contribution in [1.82, 2.24) is 4.90 Å². The lowest BCUT2D eigenvalue weighted by Crippen LogP contribution is -2.29. The molecule has 4 nitrogen and oxygen atoms in total. The van der Waals surface area contributed by atoms with Gasteiger partial charge in [-0.25, -0.2) is 4.79 Å². The van der Waals surface area contributed by atoms with Crippen molar-refractivity contribution in [2.75, 3.05) is 13.1 Å². The Morgan fingerprint density at radius 2 is 2.13 bits per heavy atom. The number of nitrogens with zero attached hydrogens (tertiary/aromatic N) is 1. The lowest BCUT2D eigenvalue weighted by Gasteiger charge is -2.14.